The highest BCUT2D eigenvalue weighted by Crippen LogP contribution is 2.26. The first kappa shape index (κ1) is 18.6. The van der Waals surface area contributed by atoms with Crippen LogP contribution in [0.2, 0.25) is 5.02 Å². The Morgan fingerprint density at radius 3 is 2.68 bits per heavy atom. The van der Waals surface area contributed by atoms with Crippen molar-refractivity contribution in [3.63, 3.8) is 0 Å². The van der Waals surface area contributed by atoms with Gasteiger partial charge in [0.25, 0.3) is 5.91 Å². The van der Waals surface area contributed by atoms with Crippen LogP contribution in [0.25, 0.3) is 0 Å². The van der Waals surface area contributed by atoms with Crippen LogP contribution in [0.5, 0.6) is 11.5 Å². The molecule has 25 heavy (non-hydrogen) atoms. The third kappa shape index (κ3) is 5.12. The average molecular weight is 362 g/mol. The number of amides is 1. The number of hydrogen-bond donors (Lipinski definition) is 2. The van der Waals surface area contributed by atoms with Crippen LogP contribution in [-0.4, -0.2) is 32.9 Å². The smallest absolute Gasteiger partial charge is 0.259 e. The van der Waals surface area contributed by atoms with Crippen molar-refractivity contribution in [1.29, 1.82) is 0 Å². The molecule has 0 saturated carbocycles. The largest absolute Gasteiger partial charge is 0.493 e. The zero-order valence-electron chi connectivity index (χ0n) is 14.3. The molecule has 1 amide bonds. The molecule has 2 rings (SSSR count). The summed E-state index contributed by atoms with van der Waals surface area (Å²) in [5.41, 5.74) is 4.94. The van der Waals surface area contributed by atoms with Crippen molar-refractivity contribution in [2.45, 2.75) is 6.92 Å². The van der Waals surface area contributed by atoms with Gasteiger partial charge in [-0.3, -0.25) is 4.79 Å². The second-order valence-electron chi connectivity index (χ2n) is 5.17. The summed E-state index contributed by atoms with van der Waals surface area (Å²) in [4.78, 5) is 11.9. The molecule has 0 radical (unpaired) electrons. The van der Waals surface area contributed by atoms with Crippen molar-refractivity contribution in [2.24, 2.45) is 5.10 Å². The minimum Gasteiger partial charge on any atom is -0.493 e. The highest BCUT2D eigenvalue weighted by Gasteiger charge is 2.05. The van der Waals surface area contributed by atoms with E-state index in [-0.39, 0.29) is 12.5 Å². The Morgan fingerprint density at radius 1 is 1.20 bits per heavy atom. The fourth-order valence-corrected chi connectivity index (χ4v) is 2.30. The van der Waals surface area contributed by atoms with Crippen LogP contribution >= 0.6 is 11.6 Å². The van der Waals surface area contributed by atoms with Crippen LogP contribution in [0.15, 0.2) is 41.5 Å². The highest BCUT2D eigenvalue weighted by molar-refractivity contribution is 6.31. The van der Waals surface area contributed by atoms with E-state index in [2.05, 4.69) is 15.8 Å². The minimum absolute atomic E-state index is 0.0878. The fraction of sp³-hybridized carbons (Fsp3) is 0.222. The van der Waals surface area contributed by atoms with E-state index in [4.69, 9.17) is 21.1 Å². The number of carbonyl (C=O) groups is 1. The van der Waals surface area contributed by atoms with Gasteiger partial charge < -0.3 is 14.8 Å². The van der Waals surface area contributed by atoms with Crippen LogP contribution in [0.3, 0.4) is 0 Å². The normalized spacial score (nSPS) is 10.6. The molecule has 0 aliphatic carbocycles. The highest BCUT2D eigenvalue weighted by atomic mass is 35.5. The number of hydrogen-bond acceptors (Lipinski definition) is 5. The van der Waals surface area contributed by atoms with Crippen LogP contribution in [-0.2, 0) is 4.79 Å². The molecule has 7 heteroatoms. The maximum atomic E-state index is 11.9. The number of hydrazone groups is 1. The van der Waals surface area contributed by atoms with E-state index in [1.807, 2.05) is 25.1 Å². The predicted molar refractivity (Wildman–Crippen MR) is 100.0 cm³/mol. The summed E-state index contributed by atoms with van der Waals surface area (Å²) in [6, 6.07) is 10.8. The predicted octanol–water partition coefficient (Wildman–Crippen LogP) is 3.23. The lowest BCUT2D eigenvalue weighted by molar-refractivity contribution is -0.119. The van der Waals surface area contributed by atoms with E-state index < -0.39 is 0 Å². The van der Waals surface area contributed by atoms with Crippen molar-refractivity contribution >= 4 is 29.4 Å². The van der Waals surface area contributed by atoms with Gasteiger partial charge in [0.05, 0.1) is 27.0 Å². The molecule has 132 valence electrons. The molecule has 0 heterocycles. The topological polar surface area (TPSA) is 72.0 Å². The van der Waals surface area contributed by atoms with E-state index in [1.54, 1.807) is 32.4 Å². The number of carbonyl (C=O) groups excluding carboxylic acids is 1. The SMILES string of the molecule is COc1ccc(/C=N\NC(=O)CNc2cccc(Cl)c2C)cc1OC. The second kappa shape index (κ2) is 8.94. The maximum absolute atomic E-state index is 11.9. The lowest BCUT2D eigenvalue weighted by atomic mass is 10.2. The van der Waals surface area contributed by atoms with Gasteiger partial charge in [-0.2, -0.15) is 5.10 Å². The number of anilines is 1. The molecule has 0 atom stereocenters. The van der Waals surface area contributed by atoms with Gasteiger partial charge in [0.1, 0.15) is 0 Å². The van der Waals surface area contributed by atoms with Crippen LogP contribution < -0.4 is 20.2 Å². The lowest BCUT2D eigenvalue weighted by Crippen LogP contribution is -2.26. The first-order valence-electron chi connectivity index (χ1n) is 7.58. The molecule has 0 bridgehead atoms. The van der Waals surface area contributed by atoms with Gasteiger partial charge in [-0.1, -0.05) is 17.7 Å². The fourth-order valence-electron chi connectivity index (χ4n) is 2.13. The molecule has 2 aromatic carbocycles. The summed E-state index contributed by atoms with van der Waals surface area (Å²) in [5, 5.41) is 7.62. The summed E-state index contributed by atoms with van der Waals surface area (Å²) < 4.78 is 10.4. The number of nitrogens with zero attached hydrogens (tertiary/aromatic N) is 1. The van der Waals surface area contributed by atoms with Crippen molar-refractivity contribution in [2.75, 3.05) is 26.1 Å². The second-order valence-corrected chi connectivity index (χ2v) is 5.58. The third-order valence-corrected chi connectivity index (χ3v) is 3.93. The van der Waals surface area contributed by atoms with Gasteiger partial charge in [0, 0.05) is 10.7 Å². The molecule has 6 nitrogen and oxygen atoms in total. The molecule has 0 aliphatic heterocycles. The molecular weight excluding hydrogens is 342 g/mol. The van der Waals surface area contributed by atoms with Crippen LogP contribution in [0.1, 0.15) is 11.1 Å². The Labute approximate surface area is 151 Å². The molecule has 0 spiro atoms. The van der Waals surface area contributed by atoms with Crippen LogP contribution in [0, 0.1) is 6.92 Å². The number of ether oxygens (including phenoxy) is 2. The third-order valence-electron chi connectivity index (χ3n) is 3.52. The molecule has 0 aliphatic rings. The van der Waals surface area contributed by atoms with Gasteiger partial charge in [0.2, 0.25) is 0 Å². The Bertz CT molecular complexity index is 778. The number of rotatable bonds is 7. The van der Waals surface area contributed by atoms with E-state index >= 15 is 0 Å². The van der Waals surface area contributed by atoms with Gasteiger partial charge in [-0.25, -0.2) is 5.43 Å². The number of methoxy groups -OCH3 is 2. The van der Waals surface area contributed by atoms with Crippen molar-refractivity contribution in [1.82, 2.24) is 5.43 Å². The van der Waals surface area contributed by atoms with Crippen molar-refractivity contribution < 1.29 is 14.3 Å². The molecule has 0 fully saturated rings. The standard InChI is InChI=1S/C18H20ClN3O3/c1-12-14(19)5-4-6-15(12)20-11-18(23)22-21-10-13-7-8-16(24-2)17(9-13)25-3/h4-10,20H,11H2,1-3H3,(H,22,23)/b21-10-. The summed E-state index contributed by atoms with van der Waals surface area (Å²) in [6.45, 7) is 1.97. The first-order valence-corrected chi connectivity index (χ1v) is 7.96. The Morgan fingerprint density at radius 2 is 1.96 bits per heavy atom. The lowest BCUT2D eigenvalue weighted by Gasteiger charge is -2.09. The zero-order valence-corrected chi connectivity index (χ0v) is 15.1. The minimum atomic E-state index is -0.267. The summed E-state index contributed by atoms with van der Waals surface area (Å²) >= 11 is 6.04. The van der Waals surface area contributed by atoms with Crippen molar-refractivity contribution in [3.05, 3.63) is 52.5 Å². The Kier molecular flexibility index (Phi) is 6.65. The Hall–Kier alpha value is -2.73. The summed E-state index contributed by atoms with van der Waals surface area (Å²) in [7, 11) is 3.13. The quantitative estimate of drug-likeness (QED) is 0.586. The molecule has 0 aromatic heterocycles. The van der Waals surface area contributed by atoms with Crippen LogP contribution in [0.4, 0.5) is 5.69 Å². The monoisotopic (exact) mass is 361 g/mol. The average Bonchev–Trinajstić information content (AvgIpc) is 2.62. The zero-order chi connectivity index (χ0) is 18.2. The van der Waals surface area contributed by atoms with E-state index in [1.165, 1.54) is 6.21 Å². The van der Waals surface area contributed by atoms with E-state index in [9.17, 15) is 4.79 Å². The first-order chi connectivity index (χ1) is 12.0. The maximum Gasteiger partial charge on any atom is 0.259 e. The van der Waals surface area contributed by atoms with E-state index in [0.29, 0.717) is 16.5 Å². The summed E-state index contributed by atoms with van der Waals surface area (Å²) in [5.74, 6) is 0.955. The molecule has 2 N–H and O–H groups in total. The van der Waals surface area contributed by atoms with Gasteiger partial charge in [-0.05, 0) is 48.4 Å². The molecular formula is C18H20ClN3O3. The number of benzene rings is 2. The number of nitrogens with one attached hydrogen (secondary N) is 2. The van der Waals surface area contributed by atoms with Crippen molar-refractivity contribution in [3.8, 4) is 11.5 Å². The number of halogens is 1. The van der Waals surface area contributed by atoms with Gasteiger partial charge in [0.15, 0.2) is 11.5 Å². The Balaban J connectivity index is 1.89. The molecule has 0 unspecified atom stereocenters. The van der Waals surface area contributed by atoms with E-state index in [0.717, 1.165) is 16.8 Å². The van der Waals surface area contributed by atoms with Gasteiger partial charge in [-0.15, -0.1) is 0 Å². The molecule has 0 saturated heterocycles. The summed E-state index contributed by atoms with van der Waals surface area (Å²) in [6.07, 6.45) is 1.53. The molecule has 2 aromatic rings. The van der Waals surface area contributed by atoms with Gasteiger partial charge >= 0.3 is 0 Å².